The number of rotatable bonds is 4. The zero-order valence-corrected chi connectivity index (χ0v) is 16.2. The number of H-pyrrole nitrogens is 1. The second-order valence-electron chi connectivity index (χ2n) is 6.85. The smallest absolute Gasteiger partial charge is 0.382 e. The minimum absolute atomic E-state index is 0.139. The average molecular weight is 441 g/mol. The first kappa shape index (κ1) is 19.5. The first-order chi connectivity index (χ1) is 15.0. The van der Waals surface area contributed by atoms with Crippen molar-refractivity contribution < 1.29 is 23.3 Å². The molecule has 0 aliphatic rings. The highest BCUT2D eigenvalue weighted by molar-refractivity contribution is 5.88. The first-order valence-electron chi connectivity index (χ1n) is 9.56. The van der Waals surface area contributed by atoms with Gasteiger partial charge in [-0.2, -0.15) is 18.2 Å². The van der Waals surface area contributed by atoms with Crippen LogP contribution in [0.1, 0.15) is 14.1 Å². The first-order valence-corrected chi connectivity index (χ1v) is 9.06. The van der Waals surface area contributed by atoms with Crippen molar-refractivity contribution in [2.45, 2.75) is 39.0 Å². The third-order valence-electron chi connectivity index (χ3n) is 4.67. The Morgan fingerprint density at radius 3 is 2.65 bits per heavy atom. The summed E-state index contributed by atoms with van der Waals surface area (Å²) in [6.07, 6.45) is -7.31. The Morgan fingerprint density at radius 1 is 1.23 bits per heavy atom. The Balaban J connectivity index is 1.89. The molecule has 4 heterocycles. The van der Waals surface area contributed by atoms with Gasteiger partial charge in [0.05, 0.1) is 13.6 Å². The zero-order valence-electron chi connectivity index (χ0n) is 17.2. The summed E-state index contributed by atoms with van der Waals surface area (Å²) in [7, 11) is 0. The molecule has 4 rings (SSSR count). The number of alkyl halides is 5. The molecule has 0 fully saturated rings. The number of nitrogens with one attached hydrogen (secondary N) is 1. The van der Waals surface area contributed by atoms with Crippen molar-refractivity contribution in [2.75, 3.05) is 5.73 Å². The summed E-state index contributed by atoms with van der Waals surface area (Å²) < 4.78 is 75.0. The van der Waals surface area contributed by atoms with E-state index in [0.717, 1.165) is 11.4 Å². The van der Waals surface area contributed by atoms with Crippen molar-refractivity contribution >= 4 is 22.5 Å². The molecule has 164 valence electrons. The molecule has 0 aromatic carbocycles. The number of pyridine rings is 1. The van der Waals surface area contributed by atoms with E-state index in [1.165, 1.54) is 10.6 Å². The molecule has 0 spiro atoms. The largest absolute Gasteiger partial charge is 0.410 e. The van der Waals surface area contributed by atoms with Gasteiger partial charge in [-0.05, 0) is 32.0 Å². The number of hydrogen-bond donors (Lipinski definition) is 2. The van der Waals surface area contributed by atoms with Gasteiger partial charge >= 0.3 is 6.18 Å². The van der Waals surface area contributed by atoms with Crippen molar-refractivity contribution in [3.63, 3.8) is 0 Å². The van der Waals surface area contributed by atoms with E-state index in [1.54, 1.807) is 19.1 Å². The number of hydrogen-bond acceptors (Lipinski definition) is 5. The molecule has 8 nitrogen and oxygen atoms in total. The lowest BCUT2D eigenvalue weighted by atomic mass is 10.2. The van der Waals surface area contributed by atoms with Gasteiger partial charge in [0, 0.05) is 11.7 Å². The average Bonchev–Trinajstić information content (AvgIpc) is 3.18. The number of aromatic amines is 1. The van der Waals surface area contributed by atoms with Gasteiger partial charge in [0.1, 0.15) is 22.9 Å². The second-order valence-corrected chi connectivity index (χ2v) is 6.85. The fourth-order valence-electron chi connectivity index (χ4n) is 3.15. The fourth-order valence-corrected chi connectivity index (χ4v) is 3.15. The molecule has 0 saturated heterocycles. The van der Waals surface area contributed by atoms with Gasteiger partial charge in [-0.3, -0.25) is 9.61 Å². The lowest BCUT2D eigenvalue weighted by Gasteiger charge is -2.10. The van der Waals surface area contributed by atoms with Gasteiger partial charge in [0.2, 0.25) is 5.62 Å². The minimum Gasteiger partial charge on any atom is -0.382 e. The number of halogens is 5. The van der Waals surface area contributed by atoms with E-state index in [2.05, 4.69) is 25.0 Å². The van der Waals surface area contributed by atoms with Crippen LogP contribution in [0.5, 0.6) is 0 Å². The molecule has 13 heteroatoms. The molecule has 0 saturated carbocycles. The van der Waals surface area contributed by atoms with E-state index in [1.807, 2.05) is 0 Å². The minimum atomic E-state index is -4.57. The van der Waals surface area contributed by atoms with E-state index in [4.69, 9.17) is 7.10 Å². The van der Waals surface area contributed by atoms with Crippen molar-refractivity contribution in [1.29, 1.82) is 0 Å². The highest BCUT2D eigenvalue weighted by Crippen LogP contribution is 2.28. The Hall–Kier alpha value is -3.51. The van der Waals surface area contributed by atoms with Crippen molar-refractivity contribution in [3.8, 4) is 11.3 Å². The van der Waals surface area contributed by atoms with Gasteiger partial charge in [-0.1, -0.05) is 0 Å². The van der Waals surface area contributed by atoms with Crippen LogP contribution in [-0.4, -0.2) is 47.8 Å². The Morgan fingerprint density at radius 2 is 1.97 bits per heavy atom. The number of nitrogens with two attached hydrogens (primary N) is 1. The molecule has 0 amide bonds. The van der Waals surface area contributed by atoms with Crippen molar-refractivity contribution in [2.24, 2.45) is 4.99 Å². The number of nitrogen functional groups attached to an aromatic ring is 1. The quantitative estimate of drug-likeness (QED) is 0.475. The van der Waals surface area contributed by atoms with E-state index < -0.39 is 30.8 Å². The summed E-state index contributed by atoms with van der Waals surface area (Å²) in [4.78, 5) is 16.0. The monoisotopic (exact) mass is 441 g/mol. The predicted molar refractivity (Wildman–Crippen MR) is 102 cm³/mol. The molecule has 4 aromatic heterocycles. The van der Waals surface area contributed by atoms with Crippen LogP contribution in [-0.2, 0) is 6.54 Å². The van der Waals surface area contributed by atoms with Crippen LogP contribution >= 0.6 is 0 Å². The standard InChI is InChI=1S/C18H17F5N8/c1-8(18(21,22)23)25-17-28-15(24)14-10(5-6-31(14)29-17)11-3-4-12-16(27-11)30(7-13(19)20)9(2)26-12/h3-6,8,13H,7H2,1-2H3,(H3,24,25,28,29)/t8-/m1/s1/i6D. The highest BCUT2D eigenvalue weighted by atomic mass is 19.4. The fraction of sp³-hybridized carbons (Fsp3) is 0.333. The van der Waals surface area contributed by atoms with Crippen LogP contribution in [0.2, 0.25) is 0 Å². The number of anilines is 1. The van der Waals surface area contributed by atoms with Gasteiger partial charge in [0.15, 0.2) is 11.5 Å². The maximum absolute atomic E-state index is 13.0. The lowest BCUT2D eigenvalue weighted by molar-refractivity contribution is -0.143. The molecular weight excluding hydrogens is 423 g/mol. The Bertz CT molecular complexity index is 1380. The van der Waals surface area contributed by atoms with E-state index in [9.17, 15) is 22.0 Å². The number of aromatic nitrogens is 6. The molecule has 0 unspecified atom stereocenters. The molecule has 0 aliphatic heterocycles. The van der Waals surface area contributed by atoms with Crippen LogP contribution in [0.3, 0.4) is 0 Å². The van der Waals surface area contributed by atoms with Crippen LogP contribution in [0.15, 0.2) is 29.4 Å². The SMILES string of the molecule is [2H]c1cc(-c2ccc3nc(C)n(CC(F)F)c3n2)c2c(N)nc(=N[C@H](C)C(F)(F)F)[nH]n12. The maximum Gasteiger partial charge on any atom is 0.410 e. The normalized spacial score (nSPS) is 14.7. The van der Waals surface area contributed by atoms with Crippen molar-refractivity contribution in [1.82, 2.24) is 29.1 Å². The third kappa shape index (κ3) is 3.82. The maximum atomic E-state index is 13.0. The van der Waals surface area contributed by atoms with E-state index in [-0.39, 0.29) is 23.2 Å². The Kier molecular flexibility index (Phi) is 4.59. The molecule has 4 aromatic rings. The Labute approximate surface area is 172 Å². The molecule has 0 bridgehead atoms. The summed E-state index contributed by atoms with van der Waals surface area (Å²) in [5, 5.41) is 2.53. The molecular formula is C18H17F5N8. The van der Waals surface area contributed by atoms with Gasteiger partial charge in [-0.15, -0.1) is 0 Å². The summed E-state index contributed by atoms with van der Waals surface area (Å²) in [6, 6.07) is 2.53. The molecule has 0 aliphatic carbocycles. The van der Waals surface area contributed by atoms with E-state index in [0.29, 0.717) is 22.6 Å². The van der Waals surface area contributed by atoms with E-state index >= 15 is 0 Å². The van der Waals surface area contributed by atoms with Crippen LogP contribution in [0, 0.1) is 6.92 Å². The van der Waals surface area contributed by atoms with Crippen LogP contribution in [0.25, 0.3) is 27.9 Å². The molecule has 0 radical (unpaired) electrons. The number of aryl methyl sites for hydroxylation is 1. The summed E-state index contributed by atoms with van der Waals surface area (Å²) in [6.45, 7) is 1.87. The molecule has 1 atom stereocenters. The third-order valence-corrected chi connectivity index (χ3v) is 4.67. The second kappa shape index (κ2) is 7.32. The molecule has 3 N–H and O–H groups in total. The molecule has 31 heavy (non-hydrogen) atoms. The lowest BCUT2D eigenvalue weighted by Crippen LogP contribution is -2.29. The van der Waals surface area contributed by atoms with Gasteiger partial charge < -0.3 is 10.3 Å². The van der Waals surface area contributed by atoms with Crippen LogP contribution in [0.4, 0.5) is 27.8 Å². The highest BCUT2D eigenvalue weighted by Gasteiger charge is 2.35. The topological polar surface area (TPSA) is 102 Å². The van der Waals surface area contributed by atoms with Crippen molar-refractivity contribution in [3.05, 3.63) is 35.8 Å². The summed E-state index contributed by atoms with van der Waals surface area (Å²) >= 11 is 0. The van der Waals surface area contributed by atoms with Gasteiger partial charge in [-0.25, -0.2) is 23.7 Å². The number of nitrogens with zero attached hydrogens (tertiary/aromatic N) is 6. The summed E-state index contributed by atoms with van der Waals surface area (Å²) in [5.74, 6) is 0.192. The predicted octanol–water partition coefficient (Wildman–Crippen LogP) is 3.08. The van der Waals surface area contributed by atoms with Crippen LogP contribution < -0.4 is 11.4 Å². The number of fused-ring (bicyclic) bond motifs is 2. The summed E-state index contributed by atoms with van der Waals surface area (Å²) in [5.41, 5.74) is 7.07. The zero-order chi connectivity index (χ0) is 23.4. The van der Waals surface area contributed by atoms with Gasteiger partial charge in [0.25, 0.3) is 6.43 Å². The number of imidazole rings is 1.